The highest BCUT2D eigenvalue weighted by molar-refractivity contribution is 5.89. The van der Waals surface area contributed by atoms with Crippen molar-refractivity contribution in [2.24, 2.45) is 5.92 Å². The van der Waals surface area contributed by atoms with Gasteiger partial charge < -0.3 is 29.9 Å². The van der Waals surface area contributed by atoms with Gasteiger partial charge in [-0.3, -0.25) is 0 Å². The van der Waals surface area contributed by atoms with Gasteiger partial charge in [-0.05, 0) is 64.3 Å². The first kappa shape index (κ1) is 27.6. The van der Waals surface area contributed by atoms with Gasteiger partial charge in [0.05, 0.1) is 31.5 Å². The number of hydrogen-bond acceptors (Lipinski definition) is 7. The predicted octanol–water partition coefficient (Wildman–Crippen LogP) is 4.44. The van der Waals surface area contributed by atoms with Crippen molar-refractivity contribution >= 4 is 23.6 Å². The van der Waals surface area contributed by atoms with E-state index in [1.54, 1.807) is 4.90 Å². The maximum absolute atomic E-state index is 12.9. The van der Waals surface area contributed by atoms with Gasteiger partial charge in [0, 0.05) is 36.4 Å². The zero-order valence-corrected chi connectivity index (χ0v) is 23.3. The molecule has 2 N–H and O–H groups in total. The quantitative estimate of drug-likeness (QED) is 0.595. The lowest BCUT2D eigenvalue weighted by Gasteiger charge is -2.41. The minimum Gasteiger partial charge on any atom is -0.444 e. The van der Waals surface area contributed by atoms with Crippen molar-refractivity contribution in [2.45, 2.75) is 66.2 Å². The van der Waals surface area contributed by atoms with Crippen molar-refractivity contribution in [1.29, 1.82) is 0 Å². The van der Waals surface area contributed by atoms with E-state index in [1.165, 1.54) is 0 Å². The van der Waals surface area contributed by atoms with E-state index in [0.29, 0.717) is 56.7 Å². The molecule has 1 aromatic heterocycles. The molecule has 1 saturated heterocycles. The molecular weight excluding hydrogens is 484 g/mol. The molecule has 0 saturated carbocycles. The molecule has 1 unspecified atom stereocenters. The summed E-state index contributed by atoms with van der Waals surface area (Å²) in [7, 11) is 0. The summed E-state index contributed by atoms with van der Waals surface area (Å²) in [5.74, 6) is 1.88. The fourth-order valence-corrected chi connectivity index (χ4v) is 4.74. The summed E-state index contributed by atoms with van der Waals surface area (Å²) in [6, 6.07) is 7.43. The zero-order chi connectivity index (χ0) is 27.4. The molecule has 0 bridgehead atoms. The molecule has 0 radical (unpaired) electrons. The summed E-state index contributed by atoms with van der Waals surface area (Å²) in [4.78, 5) is 38.9. The Morgan fingerprint density at radius 1 is 1.16 bits per heavy atom. The van der Waals surface area contributed by atoms with Crippen molar-refractivity contribution in [3.63, 3.8) is 0 Å². The molecule has 3 heterocycles. The minimum atomic E-state index is -0.568. The normalized spacial score (nSPS) is 17.7. The van der Waals surface area contributed by atoms with Crippen LogP contribution in [0.3, 0.4) is 0 Å². The topological polar surface area (TPSA) is 109 Å². The van der Waals surface area contributed by atoms with Gasteiger partial charge in [-0.15, -0.1) is 0 Å². The highest BCUT2D eigenvalue weighted by Gasteiger charge is 2.34. The maximum Gasteiger partial charge on any atom is 0.410 e. The molecular formula is C28H40N6O4. The van der Waals surface area contributed by atoms with Gasteiger partial charge >= 0.3 is 12.1 Å². The van der Waals surface area contributed by atoms with Gasteiger partial charge in [-0.1, -0.05) is 13.8 Å². The third kappa shape index (κ3) is 6.53. The van der Waals surface area contributed by atoms with Crippen molar-refractivity contribution in [3.8, 4) is 11.4 Å². The van der Waals surface area contributed by atoms with Crippen LogP contribution in [0.15, 0.2) is 24.3 Å². The third-order valence-corrected chi connectivity index (χ3v) is 6.64. The molecule has 2 aromatic rings. The van der Waals surface area contributed by atoms with Crippen LogP contribution >= 0.6 is 0 Å². The van der Waals surface area contributed by atoms with Crippen LogP contribution in [0.4, 0.5) is 21.1 Å². The first-order valence-electron chi connectivity index (χ1n) is 13.4. The van der Waals surface area contributed by atoms with Crippen molar-refractivity contribution in [2.75, 3.05) is 43.1 Å². The highest BCUT2D eigenvalue weighted by Crippen LogP contribution is 2.33. The summed E-state index contributed by atoms with van der Waals surface area (Å²) in [5.41, 5.74) is 2.86. The van der Waals surface area contributed by atoms with Gasteiger partial charge in [0.1, 0.15) is 11.4 Å². The standard InChI is InChI=1S/C28H40N6O4/c1-7-29-26(35)30-20-10-8-19(9-11-20)24-31-22-16-33(27(36)38-28(4,5)6)13-12-21(22)25(32-24)34-14-15-37-17-23(34)18(2)3/h8-11,18,23H,7,12-17H2,1-6H3,(H2,29,30,35). The monoisotopic (exact) mass is 524 g/mol. The SMILES string of the molecule is CCNC(=O)Nc1ccc(-c2nc3c(c(N4CCOCC4C(C)C)n2)CCN(C(=O)OC(C)(C)C)C3)cc1. The van der Waals surface area contributed by atoms with Gasteiger partial charge in [-0.2, -0.15) is 0 Å². The number of benzene rings is 1. The van der Waals surface area contributed by atoms with Crippen molar-refractivity contribution in [1.82, 2.24) is 20.2 Å². The molecule has 206 valence electrons. The predicted molar refractivity (Wildman–Crippen MR) is 147 cm³/mol. The van der Waals surface area contributed by atoms with Crippen LogP contribution in [0.2, 0.25) is 0 Å². The number of morpholine rings is 1. The van der Waals surface area contributed by atoms with E-state index in [2.05, 4.69) is 29.4 Å². The Hall–Kier alpha value is -3.40. The number of carbonyl (C=O) groups is 2. The third-order valence-electron chi connectivity index (χ3n) is 6.64. The lowest BCUT2D eigenvalue weighted by molar-refractivity contribution is 0.0220. The van der Waals surface area contributed by atoms with Crippen molar-refractivity contribution in [3.05, 3.63) is 35.5 Å². The molecule has 4 rings (SSSR count). The number of ether oxygens (including phenoxy) is 2. The van der Waals surface area contributed by atoms with Crippen LogP contribution in [0.5, 0.6) is 0 Å². The van der Waals surface area contributed by atoms with Crippen LogP contribution < -0.4 is 15.5 Å². The highest BCUT2D eigenvalue weighted by atomic mass is 16.6. The summed E-state index contributed by atoms with van der Waals surface area (Å²) < 4.78 is 11.5. The number of nitrogens with zero attached hydrogens (tertiary/aromatic N) is 4. The number of anilines is 2. The largest absolute Gasteiger partial charge is 0.444 e. The Bertz CT molecular complexity index is 1150. The molecule has 0 spiro atoms. The van der Waals surface area contributed by atoms with Crippen molar-refractivity contribution < 1.29 is 19.1 Å². The Balaban J connectivity index is 1.70. The van der Waals surface area contributed by atoms with E-state index in [9.17, 15) is 9.59 Å². The number of amides is 3. The number of hydrogen-bond donors (Lipinski definition) is 2. The molecule has 38 heavy (non-hydrogen) atoms. The van der Waals surface area contributed by atoms with Gasteiger partial charge in [0.2, 0.25) is 0 Å². The maximum atomic E-state index is 12.9. The van der Waals surface area contributed by atoms with Crippen LogP contribution in [0.25, 0.3) is 11.4 Å². The minimum absolute atomic E-state index is 0.197. The molecule has 2 aliphatic rings. The Kier molecular flexibility index (Phi) is 8.40. The average Bonchev–Trinajstić information content (AvgIpc) is 2.87. The summed E-state index contributed by atoms with van der Waals surface area (Å²) in [6.07, 6.45) is 0.318. The van der Waals surface area contributed by atoms with E-state index < -0.39 is 5.60 Å². The molecule has 1 fully saturated rings. The fourth-order valence-electron chi connectivity index (χ4n) is 4.74. The first-order chi connectivity index (χ1) is 18.1. The number of aromatic nitrogens is 2. The smallest absolute Gasteiger partial charge is 0.410 e. The number of fused-ring (bicyclic) bond motifs is 1. The number of rotatable bonds is 5. The first-order valence-corrected chi connectivity index (χ1v) is 13.4. The summed E-state index contributed by atoms with van der Waals surface area (Å²) in [6.45, 7) is 15.4. The van der Waals surface area contributed by atoms with Gasteiger partial charge in [-0.25, -0.2) is 19.6 Å². The second-order valence-corrected chi connectivity index (χ2v) is 11.1. The summed E-state index contributed by atoms with van der Waals surface area (Å²) >= 11 is 0. The number of carbonyl (C=O) groups excluding carboxylic acids is 2. The molecule has 2 aliphatic heterocycles. The Morgan fingerprint density at radius 2 is 1.89 bits per heavy atom. The molecule has 10 heteroatoms. The van der Waals surface area contributed by atoms with Gasteiger partial charge in [0.25, 0.3) is 0 Å². The van der Waals surface area contributed by atoms with E-state index in [0.717, 1.165) is 29.2 Å². The van der Waals surface area contributed by atoms with E-state index in [1.807, 2.05) is 52.0 Å². The molecule has 0 aliphatic carbocycles. The van der Waals surface area contributed by atoms with Crippen LogP contribution in [-0.2, 0) is 22.4 Å². The van der Waals surface area contributed by atoms with E-state index in [4.69, 9.17) is 19.4 Å². The zero-order valence-electron chi connectivity index (χ0n) is 23.3. The second kappa shape index (κ2) is 11.6. The molecule has 3 amide bonds. The molecule has 10 nitrogen and oxygen atoms in total. The summed E-state index contributed by atoms with van der Waals surface area (Å²) in [5, 5.41) is 5.54. The van der Waals surface area contributed by atoms with Crippen LogP contribution in [0.1, 0.15) is 52.8 Å². The lowest BCUT2D eigenvalue weighted by atomic mass is 9.99. The second-order valence-electron chi connectivity index (χ2n) is 11.1. The molecule has 1 atom stereocenters. The Labute approximate surface area is 225 Å². The average molecular weight is 525 g/mol. The van der Waals surface area contributed by atoms with Crippen LogP contribution in [0, 0.1) is 5.92 Å². The van der Waals surface area contributed by atoms with E-state index in [-0.39, 0.29) is 18.2 Å². The fraction of sp³-hybridized carbons (Fsp3) is 0.571. The van der Waals surface area contributed by atoms with Gasteiger partial charge in [0.15, 0.2) is 5.82 Å². The number of urea groups is 1. The Morgan fingerprint density at radius 3 is 2.55 bits per heavy atom. The number of nitrogens with one attached hydrogen (secondary N) is 2. The molecule has 1 aromatic carbocycles. The lowest BCUT2D eigenvalue weighted by Crippen LogP contribution is -2.50. The van der Waals surface area contributed by atoms with E-state index >= 15 is 0 Å². The van der Waals surface area contributed by atoms with Crippen LogP contribution in [-0.4, -0.2) is 71.5 Å².